The highest BCUT2D eigenvalue weighted by Crippen LogP contribution is 2.26. The Morgan fingerprint density at radius 2 is 2.17 bits per heavy atom. The van der Waals surface area contributed by atoms with Gasteiger partial charge in [-0.05, 0) is 32.0 Å². The molecule has 24 heavy (non-hydrogen) atoms. The summed E-state index contributed by atoms with van der Waals surface area (Å²) in [4.78, 5) is 12.2. The van der Waals surface area contributed by atoms with Crippen molar-refractivity contribution in [1.29, 1.82) is 0 Å². The van der Waals surface area contributed by atoms with Gasteiger partial charge in [-0.25, -0.2) is 4.98 Å². The summed E-state index contributed by atoms with van der Waals surface area (Å²) in [6.07, 6.45) is 1.71. The Labute approximate surface area is 145 Å². The summed E-state index contributed by atoms with van der Waals surface area (Å²) < 4.78 is 30.7. The topological polar surface area (TPSA) is 67.9 Å². The van der Waals surface area contributed by atoms with Crippen molar-refractivity contribution >= 4 is 34.0 Å². The number of aromatic nitrogens is 3. The number of nitrogens with one attached hydrogen (secondary N) is 1. The molecule has 3 aromatic rings. The maximum atomic E-state index is 12.7. The molecule has 0 aliphatic rings. The summed E-state index contributed by atoms with van der Waals surface area (Å²) in [7, 11) is 0.219. The van der Waals surface area contributed by atoms with Crippen LogP contribution in [0.15, 0.2) is 34.4 Å². The number of imidazole rings is 1. The number of H-pyrrole nitrogens is 1. The molecule has 126 valence electrons. The summed E-state index contributed by atoms with van der Waals surface area (Å²) >= 11 is 0.164. The van der Waals surface area contributed by atoms with Gasteiger partial charge in [0.25, 0.3) is 0 Å². The van der Waals surface area contributed by atoms with Crippen LogP contribution in [0.3, 0.4) is 0 Å². The highest BCUT2D eigenvalue weighted by atomic mass is 32.2. The number of nitrogens with zero attached hydrogens (tertiary/aromatic N) is 2. The van der Waals surface area contributed by atoms with Crippen LogP contribution in [0.1, 0.15) is 16.8 Å². The van der Waals surface area contributed by atoms with Crippen LogP contribution in [0.4, 0.5) is 3.89 Å². The van der Waals surface area contributed by atoms with E-state index in [0.29, 0.717) is 26.8 Å². The lowest BCUT2D eigenvalue weighted by Crippen LogP contribution is -2.05. The largest absolute Gasteiger partial charge is 0.496 e. The summed E-state index contributed by atoms with van der Waals surface area (Å²) in [6, 6.07) is 4.98. The SMILES string of the molecule is COc1c(C)cnc(C[S@](=O)c2nc3ccc(SF)cc3[nH]2)c1C. The van der Waals surface area contributed by atoms with E-state index >= 15 is 0 Å². The lowest BCUT2D eigenvalue weighted by Gasteiger charge is -2.11. The van der Waals surface area contributed by atoms with Crippen molar-refractivity contribution in [2.24, 2.45) is 0 Å². The number of fused-ring (bicyclic) bond motifs is 1. The zero-order chi connectivity index (χ0) is 17.3. The molecule has 0 radical (unpaired) electrons. The molecule has 1 atom stereocenters. The van der Waals surface area contributed by atoms with Crippen LogP contribution in [0, 0.1) is 13.8 Å². The van der Waals surface area contributed by atoms with Gasteiger partial charge in [-0.3, -0.25) is 9.19 Å². The Kier molecular flexibility index (Phi) is 4.86. The number of halogens is 1. The maximum absolute atomic E-state index is 12.7. The molecule has 2 aromatic heterocycles. The van der Waals surface area contributed by atoms with Crippen LogP contribution in [-0.4, -0.2) is 26.3 Å². The number of hydrogen-bond donors (Lipinski definition) is 1. The molecule has 2 heterocycles. The summed E-state index contributed by atoms with van der Waals surface area (Å²) in [5.41, 5.74) is 3.83. The normalized spacial score (nSPS) is 12.5. The molecule has 1 N–H and O–H groups in total. The fourth-order valence-corrected chi connectivity index (χ4v) is 3.91. The van der Waals surface area contributed by atoms with Gasteiger partial charge in [0.05, 0.1) is 52.5 Å². The molecule has 5 nitrogen and oxygen atoms in total. The highest BCUT2D eigenvalue weighted by molar-refractivity contribution is 7.94. The predicted octanol–water partition coefficient (Wildman–Crippen LogP) is 3.87. The zero-order valence-corrected chi connectivity index (χ0v) is 15.1. The molecular weight excluding hydrogens is 349 g/mol. The molecule has 0 bridgehead atoms. The molecular formula is C16H16FN3O2S2. The predicted molar refractivity (Wildman–Crippen MR) is 93.4 cm³/mol. The molecule has 0 unspecified atom stereocenters. The van der Waals surface area contributed by atoms with Crippen LogP contribution in [0.25, 0.3) is 11.0 Å². The fourth-order valence-electron chi connectivity index (χ4n) is 2.53. The first-order valence-corrected chi connectivity index (χ1v) is 9.23. The minimum atomic E-state index is -1.39. The standard InChI is InChI=1S/C16H16FN3O2S2/c1-9-7-18-14(10(2)15(9)22-3)8-24(21)16-19-12-5-4-11(23-17)6-13(12)20-16/h4-7H,8H2,1-3H3,(H,19,20)/t24-/m0/s1. The average molecular weight is 365 g/mol. The van der Waals surface area contributed by atoms with Crippen LogP contribution >= 0.6 is 12.1 Å². The van der Waals surface area contributed by atoms with Crippen molar-refractivity contribution < 1.29 is 12.8 Å². The number of aromatic amines is 1. The number of ether oxygens (including phenoxy) is 1. The van der Waals surface area contributed by atoms with Crippen molar-refractivity contribution in [2.45, 2.75) is 29.7 Å². The van der Waals surface area contributed by atoms with E-state index < -0.39 is 10.8 Å². The van der Waals surface area contributed by atoms with Crippen molar-refractivity contribution in [1.82, 2.24) is 15.0 Å². The van der Waals surface area contributed by atoms with Crippen LogP contribution in [0.2, 0.25) is 0 Å². The molecule has 3 rings (SSSR count). The van der Waals surface area contributed by atoms with Gasteiger partial charge >= 0.3 is 0 Å². The fraction of sp³-hybridized carbons (Fsp3) is 0.250. The average Bonchev–Trinajstić information content (AvgIpc) is 3.01. The smallest absolute Gasteiger partial charge is 0.197 e. The minimum absolute atomic E-state index is 0.164. The summed E-state index contributed by atoms with van der Waals surface area (Å²) in [6.45, 7) is 3.81. The first-order valence-electron chi connectivity index (χ1n) is 7.19. The second-order valence-corrected chi connectivity index (χ2v) is 7.33. The number of hydrogen-bond acceptors (Lipinski definition) is 5. The van der Waals surface area contributed by atoms with Crippen LogP contribution in [0.5, 0.6) is 5.75 Å². The Morgan fingerprint density at radius 3 is 2.88 bits per heavy atom. The first kappa shape index (κ1) is 16.9. The van der Waals surface area contributed by atoms with Crippen molar-refractivity contribution in [3.05, 3.63) is 41.2 Å². The highest BCUT2D eigenvalue weighted by Gasteiger charge is 2.16. The Morgan fingerprint density at radius 1 is 1.38 bits per heavy atom. The van der Waals surface area contributed by atoms with Gasteiger partial charge in [-0.1, -0.05) is 0 Å². The molecule has 0 aliphatic heterocycles. The van der Waals surface area contributed by atoms with E-state index in [1.54, 1.807) is 31.5 Å². The first-order chi connectivity index (χ1) is 11.5. The molecule has 1 aromatic carbocycles. The van der Waals surface area contributed by atoms with Gasteiger partial charge in [0, 0.05) is 22.2 Å². The third kappa shape index (κ3) is 3.16. The minimum Gasteiger partial charge on any atom is -0.496 e. The van der Waals surface area contributed by atoms with Crippen LogP contribution in [-0.2, 0) is 16.6 Å². The molecule has 0 fully saturated rings. The number of benzene rings is 1. The zero-order valence-electron chi connectivity index (χ0n) is 13.4. The number of methoxy groups -OCH3 is 1. The summed E-state index contributed by atoms with van der Waals surface area (Å²) in [5.74, 6) is 0.985. The molecule has 0 saturated carbocycles. The van der Waals surface area contributed by atoms with Crippen molar-refractivity contribution in [3.8, 4) is 5.75 Å². The van der Waals surface area contributed by atoms with Crippen molar-refractivity contribution in [3.63, 3.8) is 0 Å². The van der Waals surface area contributed by atoms with Gasteiger partial charge in [0.2, 0.25) is 0 Å². The van der Waals surface area contributed by atoms with Crippen molar-refractivity contribution in [2.75, 3.05) is 7.11 Å². The van der Waals surface area contributed by atoms with Gasteiger partial charge < -0.3 is 9.72 Å². The third-order valence-electron chi connectivity index (χ3n) is 3.75. The van der Waals surface area contributed by atoms with Gasteiger partial charge in [-0.2, -0.15) is 3.89 Å². The van der Waals surface area contributed by atoms with E-state index in [-0.39, 0.29) is 17.9 Å². The molecule has 0 amide bonds. The number of pyridine rings is 1. The molecule has 0 spiro atoms. The van der Waals surface area contributed by atoms with Gasteiger partial charge in [0.1, 0.15) is 5.75 Å². The number of aryl methyl sites for hydroxylation is 1. The lowest BCUT2D eigenvalue weighted by molar-refractivity contribution is 0.407. The Hall–Kier alpha value is -1.93. The second kappa shape index (κ2) is 6.90. The van der Waals surface area contributed by atoms with E-state index in [9.17, 15) is 8.09 Å². The molecule has 8 heteroatoms. The number of rotatable bonds is 5. The van der Waals surface area contributed by atoms with Gasteiger partial charge in [-0.15, -0.1) is 0 Å². The Balaban J connectivity index is 1.90. The molecule has 0 aliphatic carbocycles. The van der Waals surface area contributed by atoms with E-state index in [2.05, 4.69) is 15.0 Å². The third-order valence-corrected chi connectivity index (χ3v) is 5.35. The molecule has 0 saturated heterocycles. The quantitative estimate of drug-likeness (QED) is 0.743. The van der Waals surface area contributed by atoms with E-state index in [0.717, 1.165) is 16.9 Å². The van der Waals surface area contributed by atoms with E-state index in [1.165, 1.54) is 0 Å². The van der Waals surface area contributed by atoms with E-state index in [1.807, 2.05) is 13.8 Å². The lowest BCUT2D eigenvalue weighted by atomic mass is 10.1. The van der Waals surface area contributed by atoms with Gasteiger partial charge in [0.15, 0.2) is 5.16 Å². The summed E-state index contributed by atoms with van der Waals surface area (Å²) in [5, 5.41) is 0.353. The Bertz CT molecular complexity index is 927. The van der Waals surface area contributed by atoms with Crippen LogP contribution < -0.4 is 4.74 Å². The second-order valence-electron chi connectivity index (χ2n) is 5.33. The van der Waals surface area contributed by atoms with E-state index in [4.69, 9.17) is 4.74 Å². The monoisotopic (exact) mass is 365 g/mol. The maximum Gasteiger partial charge on any atom is 0.197 e.